The Kier molecular flexibility index (Phi) is 4.33. The molecule has 0 aliphatic rings. The Morgan fingerprint density at radius 2 is 1.75 bits per heavy atom. The van der Waals surface area contributed by atoms with Crippen molar-refractivity contribution in [3.05, 3.63) is 70.3 Å². The second kappa shape index (κ2) is 6.17. The van der Waals surface area contributed by atoms with E-state index in [1.54, 1.807) is 18.2 Å². The van der Waals surface area contributed by atoms with Gasteiger partial charge < -0.3 is 0 Å². The lowest BCUT2D eigenvalue weighted by Gasteiger charge is -2.22. The van der Waals surface area contributed by atoms with E-state index in [4.69, 9.17) is 0 Å². The number of para-hydroxylation sites is 2. The van der Waals surface area contributed by atoms with Gasteiger partial charge in [-0.1, -0.05) is 30.3 Å². The van der Waals surface area contributed by atoms with Crippen LogP contribution in [0.5, 0.6) is 0 Å². The van der Waals surface area contributed by atoms with Gasteiger partial charge in [-0.15, -0.1) is 0 Å². The summed E-state index contributed by atoms with van der Waals surface area (Å²) in [7, 11) is 0. The summed E-state index contributed by atoms with van der Waals surface area (Å²) in [5.41, 5.74) is 1.03. The molecule has 0 fully saturated rings. The van der Waals surface area contributed by atoms with Gasteiger partial charge in [0.1, 0.15) is 0 Å². The molecule has 0 N–H and O–H groups in total. The van der Waals surface area contributed by atoms with Gasteiger partial charge in [0.05, 0.1) is 32.7 Å². The normalized spacial score (nSPS) is 11.4. The molecule has 0 saturated carbocycles. The summed E-state index contributed by atoms with van der Waals surface area (Å²) in [6.45, 7) is 0. The maximum absolute atomic E-state index is 11.1. The fraction of sp³-hybridized carbons (Fsp3) is 0.0714. The molecule has 0 aromatic heterocycles. The van der Waals surface area contributed by atoms with Gasteiger partial charge in [-0.2, -0.15) is 5.26 Å². The summed E-state index contributed by atoms with van der Waals surface area (Å²) in [5.74, 6) is 0. The second-order valence-corrected chi connectivity index (χ2v) is 4.76. The van der Waals surface area contributed by atoms with E-state index in [2.05, 4.69) is 22.2 Å². The number of anilines is 1. The Balaban J connectivity index is 2.44. The minimum Gasteiger partial charge on any atom is -0.287 e. The fourth-order valence-corrected chi connectivity index (χ4v) is 2.40. The van der Waals surface area contributed by atoms with Gasteiger partial charge in [-0.05, 0) is 18.2 Å². The number of halogens is 1. The van der Waals surface area contributed by atoms with Crippen LogP contribution in [0.4, 0.5) is 11.4 Å². The zero-order valence-corrected chi connectivity index (χ0v) is 11.9. The molecule has 0 spiro atoms. The largest absolute Gasteiger partial charge is 0.287 e. The van der Waals surface area contributed by atoms with Gasteiger partial charge in [0, 0.05) is 11.8 Å². The van der Waals surface area contributed by atoms with Crippen LogP contribution < -0.4 is 3.93 Å². The molecule has 0 radical (unpaired) electrons. The zero-order valence-electron chi connectivity index (χ0n) is 10.3. The van der Waals surface area contributed by atoms with Crippen molar-refractivity contribution < 1.29 is 4.92 Å². The van der Waals surface area contributed by atoms with Crippen LogP contribution in [-0.2, 0) is 0 Å². The Hall–Kier alpha value is -2.39. The van der Waals surface area contributed by atoms with E-state index in [0.29, 0.717) is 5.56 Å². The van der Waals surface area contributed by atoms with Crippen molar-refractivity contribution in [2.75, 3.05) is 3.93 Å². The van der Waals surface area contributed by atoms with E-state index in [1.807, 2.05) is 30.3 Å². The Morgan fingerprint density at radius 3 is 2.35 bits per heavy atom. The second-order valence-electron chi connectivity index (χ2n) is 3.99. The smallest absolute Gasteiger partial charge is 0.275 e. The predicted octanol–water partition coefficient (Wildman–Crippen LogP) is 3.98. The third-order valence-electron chi connectivity index (χ3n) is 2.78. The first kappa shape index (κ1) is 14.0. The van der Waals surface area contributed by atoms with Crippen molar-refractivity contribution in [2.45, 2.75) is 6.04 Å². The van der Waals surface area contributed by atoms with Crippen LogP contribution in [0.2, 0.25) is 0 Å². The quantitative estimate of drug-likeness (QED) is 0.482. The number of nitro groups is 1. The van der Waals surface area contributed by atoms with Crippen molar-refractivity contribution in [1.29, 1.82) is 5.26 Å². The van der Waals surface area contributed by atoms with Crippen LogP contribution in [-0.4, -0.2) is 4.92 Å². The summed E-state index contributed by atoms with van der Waals surface area (Å²) in [6, 6.07) is 16.7. The summed E-state index contributed by atoms with van der Waals surface area (Å²) < 4.78 is 1.54. The first-order chi connectivity index (χ1) is 9.65. The maximum atomic E-state index is 11.1. The van der Waals surface area contributed by atoms with E-state index < -0.39 is 11.0 Å². The lowest BCUT2D eigenvalue weighted by atomic mass is 10.1. The Bertz CT molecular complexity index is 655. The van der Waals surface area contributed by atoms with E-state index in [1.165, 1.54) is 9.99 Å². The maximum Gasteiger partial charge on any atom is 0.275 e. The molecule has 1 unspecified atom stereocenters. The van der Waals surface area contributed by atoms with Crippen molar-refractivity contribution in [2.24, 2.45) is 0 Å². The molecule has 2 rings (SSSR count). The highest BCUT2D eigenvalue weighted by Gasteiger charge is 2.26. The molecule has 0 bridgehead atoms. The van der Waals surface area contributed by atoms with Gasteiger partial charge in [0.25, 0.3) is 5.69 Å². The predicted molar refractivity (Wildman–Crippen MR) is 79.3 cm³/mol. The fourth-order valence-electron chi connectivity index (χ4n) is 1.85. The summed E-state index contributed by atoms with van der Waals surface area (Å²) in [4.78, 5) is 10.6. The van der Waals surface area contributed by atoms with Gasteiger partial charge in [0.2, 0.25) is 0 Å². The van der Waals surface area contributed by atoms with Crippen molar-refractivity contribution in [1.82, 2.24) is 0 Å². The van der Waals surface area contributed by atoms with Crippen LogP contribution in [0.1, 0.15) is 11.6 Å². The number of benzene rings is 2. The molecule has 0 amide bonds. The highest BCUT2D eigenvalue weighted by Crippen LogP contribution is 2.34. The van der Waals surface area contributed by atoms with Gasteiger partial charge in [-0.3, -0.25) is 14.0 Å². The molecule has 2 aromatic carbocycles. The third kappa shape index (κ3) is 2.78. The molecule has 1 atom stereocenters. The van der Waals surface area contributed by atoms with Crippen molar-refractivity contribution >= 4 is 27.5 Å². The molecule has 2 aromatic rings. The number of hydrogen-bond donors (Lipinski definition) is 0. The SMILES string of the molecule is N#CC(c1ccccc1[N+](=O)[O-])N(Br)c1ccccc1. The Morgan fingerprint density at radius 1 is 1.15 bits per heavy atom. The van der Waals surface area contributed by atoms with Gasteiger partial charge in [0.15, 0.2) is 6.04 Å². The number of nitrogens with zero attached hydrogens (tertiary/aromatic N) is 3. The van der Waals surface area contributed by atoms with Crippen LogP contribution in [0.3, 0.4) is 0 Å². The summed E-state index contributed by atoms with van der Waals surface area (Å²) in [6.07, 6.45) is 0. The lowest BCUT2D eigenvalue weighted by molar-refractivity contribution is -0.385. The molecule has 0 heterocycles. The lowest BCUT2D eigenvalue weighted by Crippen LogP contribution is -2.17. The third-order valence-corrected chi connectivity index (χ3v) is 3.60. The molecule has 0 aliphatic carbocycles. The average Bonchev–Trinajstić information content (AvgIpc) is 2.49. The van der Waals surface area contributed by atoms with Gasteiger partial charge >= 0.3 is 0 Å². The highest BCUT2D eigenvalue weighted by molar-refractivity contribution is 9.10. The molecular formula is C14H10BrN3O2. The number of nitro benzene ring substituents is 1. The van der Waals surface area contributed by atoms with Crippen LogP contribution >= 0.6 is 16.1 Å². The first-order valence-corrected chi connectivity index (χ1v) is 6.49. The molecule has 100 valence electrons. The van der Waals surface area contributed by atoms with Crippen LogP contribution in [0.15, 0.2) is 54.6 Å². The van der Waals surface area contributed by atoms with Crippen molar-refractivity contribution in [3.63, 3.8) is 0 Å². The Labute approximate surface area is 124 Å². The minimum atomic E-state index is -0.793. The zero-order chi connectivity index (χ0) is 14.5. The van der Waals surface area contributed by atoms with E-state index >= 15 is 0 Å². The average molecular weight is 332 g/mol. The molecule has 20 heavy (non-hydrogen) atoms. The number of hydrogen-bond acceptors (Lipinski definition) is 4. The minimum absolute atomic E-state index is 0.0700. The number of rotatable bonds is 4. The molecule has 0 saturated heterocycles. The monoisotopic (exact) mass is 331 g/mol. The number of nitriles is 1. The standard InChI is InChI=1S/C14H10BrN3O2/c15-17(11-6-2-1-3-7-11)14(10-16)12-8-4-5-9-13(12)18(19)20/h1-9,14H. The van der Waals surface area contributed by atoms with E-state index in [0.717, 1.165) is 5.69 Å². The first-order valence-electron chi connectivity index (χ1n) is 5.78. The molecule has 6 heteroatoms. The van der Waals surface area contributed by atoms with E-state index in [-0.39, 0.29) is 5.69 Å². The van der Waals surface area contributed by atoms with Crippen LogP contribution in [0.25, 0.3) is 0 Å². The summed E-state index contributed by atoms with van der Waals surface area (Å²) >= 11 is 3.32. The van der Waals surface area contributed by atoms with Crippen molar-refractivity contribution in [3.8, 4) is 6.07 Å². The van der Waals surface area contributed by atoms with Crippen LogP contribution in [0, 0.1) is 21.4 Å². The van der Waals surface area contributed by atoms with Gasteiger partial charge in [-0.25, -0.2) is 0 Å². The summed E-state index contributed by atoms with van der Waals surface area (Å²) in [5, 5.41) is 20.4. The molecule has 5 nitrogen and oxygen atoms in total. The van der Waals surface area contributed by atoms with E-state index in [9.17, 15) is 15.4 Å². The topological polar surface area (TPSA) is 70.2 Å². The highest BCUT2D eigenvalue weighted by atomic mass is 79.9. The molecule has 0 aliphatic heterocycles. The molecular weight excluding hydrogens is 322 g/mol.